The molecular weight excluding hydrogens is 434 g/mol. The van der Waals surface area contributed by atoms with Crippen molar-refractivity contribution in [3.8, 4) is 16.8 Å². The molecule has 6 aromatic carbocycles. The van der Waals surface area contributed by atoms with E-state index in [1.807, 2.05) is 0 Å². The van der Waals surface area contributed by atoms with Crippen LogP contribution >= 0.6 is 0 Å². The number of hydrogen-bond acceptors (Lipinski definition) is 0. The Bertz CT molecular complexity index is 2020. The Balaban J connectivity index is 1.53. The number of fused-ring (bicyclic) bond motifs is 10. The SMILES string of the molecule is CC1(C)c2ccc3c(c2-c2ccc4ccccc4c21)c1ccccc1n3-c1ccc2ccccc2c1. The van der Waals surface area contributed by atoms with Gasteiger partial charge in [0.05, 0.1) is 11.0 Å². The third-order valence-electron chi connectivity index (χ3n) is 8.33. The summed E-state index contributed by atoms with van der Waals surface area (Å²) in [5, 5.41) is 7.88. The molecule has 1 aliphatic rings. The van der Waals surface area contributed by atoms with Crippen molar-refractivity contribution >= 4 is 43.4 Å². The largest absolute Gasteiger partial charge is 0.309 e. The summed E-state index contributed by atoms with van der Waals surface area (Å²) in [7, 11) is 0. The van der Waals surface area contributed by atoms with E-state index in [-0.39, 0.29) is 5.41 Å². The van der Waals surface area contributed by atoms with Crippen molar-refractivity contribution in [2.24, 2.45) is 0 Å². The van der Waals surface area contributed by atoms with Crippen LogP contribution in [0.5, 0.6) is 0 Å². The van der Waals surface area contributed by atoms with Gasteiger partial charge < -0.3 is 4.57 Å². The molecule has 0 aliphatic heterocycles. The number of rotatable bonds is 1. The Morgan fingerprint density at radius 3 is 2.11 bits per heavy atom. The number of hydrogen-bond donors (Lipinski definition) is 0. The number of para-hydroxylation sites is 1. The van der Waals surface area contributed by atoms with Crippen LogP contribution in [0.1, 0.15) is 25.0 Å². The summed E-state index contributed by atoms with van der Waals surface area (Å²) in [4.78, 5) is 0. The van der Waals surface area contributed by atoms with Gasteiger partial charge in [0, 0.05) is 21.9 Å². The maximum atomic E-state index is 2.45. The summed E-state index contributed by atoms with van der Waals surface area (Å²) in [5.41, 5.74) is 9.30. The van der Waals surface area contributed by atoms with E-state index in [1.54, 1.807) is 0 Å². The highest BCUT2D eigenvalue weighted by atomic mass is 15.0. The Hall–Kier alpha value is -4.36. The van der Waals surface area contributed by atoms with Gasteiger partial charge in [-0.05, 0) is 68.1 Å². The normalized spacial score (nSPS) is 14.1. The average molecular weight is 460 g/mol. The van der Waals surface area contributed by atoms with Crippen LogP contribution in [0.3, 0.4) is 0 Å². The van der Waals surface area contributed by atoms with E-state index in [9.17, 15) is 0 Å². The number of aromatic nitrogens is 1. The Morgan fingerprint density at radius 2 is 1.25 bits per heavy atom. The van der Waals surface area contributed by atoms with Gasteiger partial charge in [-0.25, -0.2) is 0 Å². The molecule has 0 fully saturated rings. The van der Waals surface area contributed by atoms with Crippen molar-refractivity contribution in [2.75, 3.05) is 0 Å². The average Bonchev–Trinajstić information content (AvgIpc) is 3.37. The van der Waals surface area contributed by atoms with Crippen molar-refractivity contribution in [1.82, 2.24) is 4.57 Å². The van der Waals surface area contributed by atoms with Crippen molar-refractivity contribution in [2.45, 2.75) is 19.3 Å². The highest BCUT2D eigenvalue weighted by Crippen LogP contribution is 2.55. The van der Waals surface area contributed by atoms with Crippen LogP contribution in [0.4, 0.5) is 0 Å². The minimum Gasteiger partial charge on any atom is -0.309 e. The predicted molar refractivity (Wildman–Crippen MR) is 153 cm³/mol. The van der Waals surface area contributed by atoms with Gasteiger partial charge in [0.2, 0.25) is 0 Å². The van der Waals surface area contributed by atoms with Gasteiger partial charge in [0.15, 0.2) is 0 Å². The number of nitrogens with zero attached hydrogens (tertiary/aromatic N) is 1. The van der Waals surface area contributed by atoms with Crippen molar-refractivity contribution < 1.29 is 0 Å². The van der Waals surface area contributed by atoms with E-state index in [0.29, 0.717) is 0 Å². The zero-order valence-electron chi connectivity index (χ0n) is 20.4. The van der Waals surface area contributed by atoms with Gasteiger partial charge in [-0.15, -0.1) is 0 Å². The van der Waals surface area contributed by atoms with E-state index in [0.717, 1.165) is 0 Å². The Labute approximate surface area is 210 Å². The van der Waals surface area contributed by atoms with Crippen LogP contribution < -0.4 is 0 Å². The van der Waals surface area contributed by atoms with Gasteiger partial charge in [-0.3, -0.25) is 0 Å². The van der Waals surface area contributed by atoms with E-state index in [1.165, 1.54) is 71.3 Å². The molecule has 0 spiro atoms. The van der Waals surface area contributed by atoms with E-state index in [4.69, 9.17) is 0 Å². The lowest BCUT2D eigenvalue weighted by molar-refractivity contribution is 0.666. The second-order valence-electron chi connectivity index (χ2n) is 10.6. The van der Waals surface area contributed by atoms with E-state index >= 15 is 0 Å². The molecule has 0 saturated carbocycles. The Kier molecular flexibility index (Phi) is 3.79. The highest BCUT2D eigenvalue weighted by molar-refractivity contribution is 6.19. The second-order valence-corrected chi connectivity index (χ2v) is 10.6. The van der Waals surface area contributed by atoms with Crippen molar-refractivity contribution in [3.05, 3.63) is 126 Å². The lowest BCUT2D eigenvalue weighted by Gasteiger charge is -2.23. The predicted octanol–water partition coefficient (Wildman–Crippen LogP) is 9.40. The fourth-order valence-corrected chi connectivity index (χ4v) is 6.74. The van der Waals surface area contributed by atoms with Crippen LogP contribution in [0.25, 0.3) is 60.2 Å². The smallest absolute Gasteiger partial charge is 0.0547 e. The first-order valence-electron chi connectivity index (χ1n) is 12.7. The molecule has 0 amide bonds. The van der Waals surface area contributed by atoms with Crippen molar-refractivity contribution in [3.63, 3.8) is 0 Å². The van der Waals surface area contributed by atoms with E-state index < -0.39 is 0 Å². The third-order valence-corrected chi connectivity index (χ3v) is 8.33. The molecule has 1 heteroatoms. The fraction of sp³-hybridized carbons (Fsp3) is 0.0857. The standard InChI is InChI=1S/C35H25N/c1-35(2)29-19-20-31-33(32(29)28-18-16-23-10-5-6-12-26(23)34(28)35)27-13-7-8-14-30(27)36(31)25-17-15-22-9-3-4-11-24(22)21-25/h3-21H,1-2H3. The third kappa shape index (κ3) is 2.45. The molecule has 1 nitrogen and oxygen atoms in total. The highest BCUT2D eigenvalue weighted by Gasteiger charge is 2.38. The minimum absolute atomic E-state index is 0.0636. The molecule has 0 atom stereocenters. The summed E-state index contributed by atoms with van der Waals surface area (Å²) in [6.45, 7) is 4.77. The lowest BCUT2D eigenvalue weighted by atomic mass is 9.80. The van der Waals surface area contributed by atoms with Crippen LogP contribution in [0.2, 0.25) is 0 Å². The molecule has 0 radical (unpaired) electrons. The van der Waals surface area contributed by atoms with Gasteiger partial charge in [-0.1, -0.05) is 105 Å². The molecule has 1 aliphatic carbocycles. The quantitative estimate of drug-likeness (QED) is 0.230. The molecule has 170 valence electrons. The molecular formula is C35H25N. The monoisotopic (exact) mass is 459 g/mol. The van der Waals surface area contributed by atoms with Crippen LogP contribution in [0.15, 0.2) is 115 Å². The van der Waals surface area contributed by atoms with Crippen LogP contribution in [-0.2, 0) is 5.41 Å². The first-order valence-corrected chi connectivity index (χ1v) is 12.7. The lowest BCUT2D eigenvalue weighted by Crippen LogP contribution is -2.15. The first kappa shape index (κ1) is 19.9. The fourth-order valence-electron chi connectivity index (χ4n) is 6.74. The minimum atomic E-state index is -0.0636. The maximum Gasteiger partial charge on any atom is 0.0547 e. The molecule has 0 unspecified atom stereocenters. The molecule has 36 heavy (non-hydrogen) atoms. The van der Waals surface area contributed by atoms with Gasteiger partial charge >= 0.3 is 0 Å². The van der Waals surface area contributed by atoms with Crippen molar-refractivity contribution in [1.29, 1.82) is 0 Å². The molecule has 0 saturated heterocycles. The summed E-state index contributed by atoms with van der Waals surface area (Å²) < 4.78 is 2.45. The second kappa shape index (κ2) is 6.86. The summed E-state index contributed by atoms with van der Waals surface area (Å²) in [6, 6.07) is 42.5. The molecule has 1 heterocycles. The Morgan fingerprint density at radius 1 is 0.556 bits per heavy atom. The van der Waals surface area contributed by atoms with E-state index in [2.05, 4.69) is 134 Å². The molecule has 0 N–H and O–H groups in total. The zero-order chi connectivity index (χ0) is 24.0. The number of benzene rings is 6. The molecule has 8 rings (SSSR count). The van der Waals surface area contributed by atoms with Gasteiger partial charge in [-0.2, -0.15) is 0 Å². The summed E-state index contributed by atoms with van der Waals surface area (Å²) in [5.74, 6) is 0. The summed E-state index contributed by atoms with van der Waals surface area (Å²) in [6.07, 6.45) is 0. The maximum absolute atomic E-state index is 2.45. The first-order chi connectivity index (χ1) is 17.6. The summed E-state index contributed by atoms with van der Waals surface area (Å²) >= 11 is 0. The zero-order valence-corrected chi connectivity index (χ0v) is 20.4. The van der Waals surface area contributed by atoms with Crippen LogP contribution in [0, 0.1) is 0 Å². The molecule has 7 aromatic rings. The molecule has 0 bridgehead atoms. The van der Waals surface area contributed by atoms with Gasteiger partial charge in [0.25, 0.3) is 0 Å². The van der Waals surface area contributed by atoms with Gasteiger partial charge in [0.1, 0.15) is 0 Å². The molecule has 1 aromatic heterocycles. The topological polar surface area (TPSA) is 4.93 Å². The van der Waals surface area contributed by atoms with Crippen LogP contribution in [-0.4, -0.2) is 4.57 Å².